The molecule has 0 amide bonds. The van der Waals surface area contributed by atoms with Gasteiger partial charge in [0, 0.05) is 6.04 Å². The van der Waals surface area contributed by atoms with Crippen molar-refractivity contribution in [2.45, 2.75) is 18.9 Å². The lowest BCUT2D eigenvalue weighted by Gasteiger charge is -2.29. The van der Waals surface area contributed by atoms with Gasteiger partial charge in [-0.1, -0.05) is 12.1 Å². The first kappa shape index (κ1) is 12.2. The second-order valence-electron chi connectivity index (χ2n) is 5.19. The van der Waals surface area contributed by atoms with Gasteiger partial charge in [0.1, 0.15) is 0 Å². The summed E-state index contributed by atoms with van der Waals surface area (Å²) in [6.07, 6.45) is 1.69. The third kappa shape index (κ3) is 2.10. The van der Waals surface area contributed by atoms with Crippen molar-refractivity contribution >= 4 is 10.9 Å². The predicted octanol–water partition coefficient (Wildman–Crippen LogP) is 0.956. The van der Waals surface area contributed by atoms with Gasteiger partial charge in [0.05, 0.1) is 10.9 Å². The van der Waals surface area contributed by atoms with E-state index < -0.39 is 0 Å². The Kier molecular flexibility index (Phi) is 2.98. The van der Waals surface area contributed by atoms with E-state index in [-0.39, 0.29) is 17.3 Å². The zero-order valence-electron chi connectivity index (χ0n) is 10.9. The maximum Gasteiger partial charge on any atom is 0.329 e. The summed E-state index contributed by atoms with van der Waals surface area (Å²) in [7, 11) is 2.06. The average molecular weight is 259 g/mol. The van der Waals surface area contributed by atoms with E-state index in [9.17, 15) is 9.59 Å². The van der Waals surface area contributed by atoms with E-state index in [2.05, 4.69) is 16.9 Å². The van der Waals surface area contributed by atoms with Crippen LogP contribution in [0.4, 0.5) is 0 Å². The number of hydrogen-bond acceptors (Lipinski definition) is 3. The Balaban J connectivity index is 2.14. The number of aromatic amines is 1. The molecule has 2 aromatic rings. The molecule has 0 radical (unpaired) electrons. The summed E-state index contributed by atoms with van der Waals surface area (Å²) in [5, 5.41) is 0.584. The van der Waals surface area contributed by atoms with Crippen LogP contribution in [0.1, 0.15) is 18.9 Å². The summed E-state index contributed by atoms with van der Waals surface area (Å²) in [5.41, 5.74) is 0.147. The summed E-state index contributed by atoms with van der Waals surface area (Å²) in [4.78, 5) is 29.6. The predicted molar refractivity (Wildman–Crippen MR) is 74.6 cm³/mol. The molecule has 5 nitrogen and oxygen atoms in total. The van der Waals surface area contributed by atoms with Crippen LogP contribution < -0.4 is 11.2 Å². The number of benzene rings is 1. The monoisotopic (exact) mass is 259 g/mol. The third-order valence-electron chi connectivity index (χ3n) is 3.89. The van der Waals surface area contributed by atoms with Crippen LogP contribution in [-0.2, 0) is 0 Å². The number of rotatable bonds is 1. The molecule has 0 aliphatic carbocycles. The summed E-state index contributed by atoms with van der Waals surface area (Å²) in [6, 6.07) is 7.17. The summed E-state index contributed by atoms with van der Waals surface area (Å²) < 4.78 is 1.40. The Morgan fingerprint density at radius 3 is 2.58 bits per heavy atom. The molecule has 19 heavy (non-hydrogen) atoms. The van der Waals surface area contributed by atoms with Crippen molar-refractivity contribution in [3.8, 4) is 0 Å². The van der Waals surface area contributed by atoms with Crippen LogP contribution in [0.3, 0.4) is 0 Å². The fourth-order valence-corrected chi connectivity index (χ4v) is 2.76. The largest absolute Gasteiger partial charge is 0.329 e. The maximum atomic E-state index is 12.5. The molecule has 0 saturated carbocycles. The van der Waals surface area contributed by atoms with Crippen molar-refractivity contribution < 1.29 is 0 Å². The van der Waals surface area contributed by atoms with Crippen LogP contribution in [0.5, 0.6) is 0 Å². The first-order valence-electron chi connectivity index (χ1n) is 6.59. The Bertz CT molecular complexity index is 708. The van der Waals surface area contributed by atoms with E-state index in [1.54, 1.807) is 12.1 Å². The first-order valence-corrected chi connectivity index (χ1v) is 6.59. The van der Waals surface area contributed by atoms with E-state index >= 15 is 0 Å². The highest BCUT2D eigenvalue weighted by Crippen LogP contribution is 2.19. The topological polar surface area (TPSA) is 58.1 Å². The van der Waals surface area contributed by atoms with Crippen molar-refractivity contribution in [2.75, 3.05) is 20.1 Å². The number of piperidine rings is 1. The van der Waals surface area contributed by atoms with Crippen LogP contribution in [-0.4, -0.2) is 34.6 Å². The van der Waals surface area contributed by atoms with E-state index in [1.165, 1.54) is 4.57 Å². The molecule has 0 spiro atoms. The second kappa shape index (κ2) is 4.66. The summed E-state index contributed by atoms with van der Waals surface area (Å²) >= 11 is 0. The highest BCUT2D eigenvalue weighted by atomic mass is 16.2. The van der Waals surface area contributed by atoms with Gasteiger partial charge in [-0.05, 0) is 45.1 Å². The zero-order chi connectivity index (χ0) is 13.4. The smallest absolute Gasteiger partial charge is 0.307 e. The fourth-order valence-electron chi connectivity index (χ4n) is 2.76. The van der Waals surface area contributed by atoms with Gasteiger partial charge in [0.25, 0.3) is 5.56 Å². The van der Waals surface area contributed by atoms with Crippen LogP contribution in [0.15, 0.2) is 33.9 Å². The van der Waals surface area contributed by atoms with Crippen molar-refractivity contribution in [2.24, 2.45) is 0 Å². The SMILES string of the molecule is CN1CCC(n2c(=O)[nH]c3ccccc3c2=O)CC1. The summed E-state index contributed by atoms with van der Waals surface area (Å²) in [5.74, 6) is 0. The molecule has 1 aliphatic heterocycles. The number of nitrogens with one attached hydrogen (secondary N) is 1. The third-order valence-corrected chi connectivity index (χ3v) is 3.89. The van der Waals surface area contributed by atoms with Crippen LogP contribution in [0.25, 0.3) is 10.9 Å². The number of hydrogen-bond donors (Lipinski definition) is 1. The minimum atomic E-state index is -0.293. The van der Waals surface area contributed by atoms with Crippen LogP contribution in [0, 0.1) is 0 Å². The van der Waals surface area contributed by atoms with Gasteiger partial charge in [-0.3, -0.25) is 9.36 Å². The van der Waals surface area contributed by atoms with E-state index in [0.29, 0.717) is 10.9 Å². The number of likely N-dealkylation sites (tertiary alicyclic amines) is 1. The highest BCUT2D eigenvalue weighted by molar-refractivity contribution is 5.76. The van der Waals surface area contributed by atoms with Crippen molar-refractivity contribution in [3.05, 3.63) is 45.1 Å². The molecule has 1 fully saturated rings. The molecule has 1 aromatic carbocycles. The van der Waals surface area contributed by atoms with Gasteiger partial charge < -0.3 is 9.88 Å². The van der Waals surface area contributed by atoms with Crippen molar-refractivity contribution in [1.82, 2.24) is 14.5 Å². The molecule has 1 saturated heterocycles. The Morgan fingerprint density at radius 1 is 1.16 bits per heavy atom. The fraction of sp³-hybridized carbons (Fsp3) is 0.429. The van der Waals surface area contributed by atoms with Gasteiger partial charge in [0.2, 0.25) is 0 Å². The second-order valence-corrected chi connectivity index (χ2v) is 5.19. The molecule has 3 rings (SSSR count). The number of para-hydroxylation sites is 1. The zero-order valence-corrected chi connectivity index (χ0v) is 10.9. The Hall–Kier alpha value is -1.88. The molecule has 5 heteroatoms. The number of aromatic nitrogens is 2. The van der Waals surface area contributed by atoms with E-state index in [1.807, 2.05) is 12.1 Å². The van der Waals surface area contributed by atoms with Gasteiger partial charge in [-0.2, -0.15) is 0 Å². The normalized spacial score (nSPS) is 17.9. The number of fused-ring (bicyclic) bond motifs is 1. The lowest BCUT2D eigenvalue weighted by Crippen LogP contribution is -2.42. The first-order chi connectivity index (χ1) is 9.16. The molecule has 100 valence electrons. The van der Waals surface area contributed by atoms with Gasteiger partial charge in [-0.15, -0.1) is 0 Å². The standard InChI is InChI=1S/C14H17N3O2/c1-16-8-6-10(7-9-16)17-13(18)11-4-2-3-5-12(11)15-14(17)19/h2-5,10H,6-9H2,1H3,(H,15,19). The average Bonchev–Trinajstić information content (AvgIpc) is 2.41. The minimum Gasteiger partial charge on any atom is -0.307 e. The maximum absolute atomic E-state index is 12.5. The molecule has 1 N–H and O–H groups in total. The van der Waals surface area contributed by atoms with Crippen molar-refractivity contribution in [1.29, 1.82) is 0 Å². The lowest BCUT2D eigenvalue weighted by molar-refractivity contribution is 0.216. The molecule has 0 unspecified atom stereocenters. The molecule has 1 aromatic heterocycles. The Labute approximate surface area is 110 Å². The van der Waals surface area contributed by atoms with Gasteiger partial charge in [0.15, 0.2) is 0 Å². The number of nitrogens with zero attached hydrogens (tertiary/aromatic N) is 2. The molecular weight excluding hydrogens is 242 g/mol. The summed E-state index contributed by atoms with van der Waals surface area (Å²) in [6.45, 7) is 1.84. The number of H-pyrrole nitrogens is 1. The Morgan fingerprint density at radius 2 is 1.84 bits per heavy atom. The van der Waals surface area contributed by atoms with Crippen LogP contribution in [0.2, 0.25) is 0 Å². The molecular formula is C14H17N3O2. The quantitative estimate of drug-likeness (QED) is 0.829. The lowest BCUT2D eigenvalue weighted by atomic mass is 10.1. The highest BCUT2D eigenvalue weighted by Gasteiger charge is 2.21. The van der Waals surface area contributed by atoms with Crippen LogP contribution >= 0.6 is 0 Å². The molecule has 0 atom stereocenters. The van der Waals surface area contributed by atoms with E-state index in [0.717, 1.165) is 25.9 Å². The van der Waals surface area contributed by atoms with E-state index in [4.69, 9.17) is 0 Å². The minimum absolute atomic E-state index is 0.0112. The molecule has 0 bridgehead atoms. The van der Waals surface area contributed by atoms with Crippen molar-refractivity contribution in [3.63, 3.8) is 0 Å². The molecule has 2 heterocycles. The molecule has 1 aliphatic rings. The van der Waals surface area contributed by atoms with Gasteiger partial charge in [-0.25, -0.2) is 4.79 Å². The van der Waals surface area contributed by atoms with Gasteiger partial charge >= 0.3 is 5.69 Å².